The lowest BCUT2D eigenvalue weighted by molar-refractivity contribution is 0.146. The Bertz CT molecular complexity index is 541. The molecule has 0 amide bonds. The van der Waals surface area contributed by atoms with E-state index in [4.69, 9.17) is 10.5 Å². The van der Waals surface area contributed by atoms with E-state index in [0.29, 0.717) is 12.1 Å². The smallest absolute Gasteiger partial charge is 0.123 e. The second-order valence-electron chi connectivity index (χ2n) is 5.17. The lowest BCUT2D eigenvalue weighted by atomic mass is 9.93. The highest BCUT2D eigenvalue weighted by molar-refractivity contribution is 5.83. The molecule has 0 saturated heterocycles. The van der Waals surface area contributed by atoms with Crippen molar-refractivity contribution in [3.8, 4) is 5.75 Å². The molecule has 0 unspecified atom stereocenters. The van der Waals surface area contributed by atoms with Crippen molar-refractivity contribution in [1.29, 1.82) is 0 Å². The number of hydrogen-bond donors (Lipinski definition) is 2. The predicted octanol–water partition coefficient (Wildman–Crippen LogP) is 2.52. The first-order chi connectivity index (χ1) is 8.74. The van der Waals surface area contributed by atoms with Gasteiger partial charge in [-0.1, -0.05) is 0 Å². The summed E-state index contributed by atoms with van der Waals surface area (Å²) < 4.78 is 6.11. The third-order valence-electron chi connectivity index (χ3n) is 3.86. The van der Waals surface area contributed by atoms with Crippen molar-refractivity contribution in [3.05, 3.63) is 23.9 Å². The van der Waals surface area contributed by atoms with Gasteiger partial charge in [0.05, 0.1) is 17.8 Å². The molecule has 1 aliphatic carbocycles. The van der Waals surface area contributed by atoms with Crippen LogP contribution >= 0.6 is 0 Å². The topological polar surface area (TPSA) is 63.9 Å². The van der Waals surface area contributed by atoms with Crippen LogP contribution in [0.3, 0.4) is 0 Å². The minimum absolute atomic E-state index is 0.313. The van der Waals surface area contributed by atoms with Crippen molar-refractivity contribution in [2.75, 3.05) is 0 Å². The van der Waals surface area contributed by atoms with E-state index in [1.165, 1.54) is 0 Å². The van der Waals surface area contributed by atoms with Gasteiger partial charge in [0, 0.05) is 17.0 Å². The number of H-pyrrole nitrogens is 1. The number of aryl methyl sites for hydroxylation is 1. The molecule has 4 nitrogen and oxygen atoms in total. The zero-order valence-corrected chi connectivity index (χ0v) is 10.6. The summed E-state index contributed by atoms with van der Waals surface area (Å²) in [6.07, 6.45) is 6.42. The summed E-state index contributed by atoms with van der Waals surface area (Å²) in [7, 11) is 0. The van der Waals surface area contributed by atoms with Crippen LogP contribution in [0.25, 0.3) is 10.9 Å². The fourth-order valence-electron chi connectivity index (χ4n) is 2.65. The number of hydrogen-bond acceptors (Lipinski definition) is 3. The monoisotopic (exact) mass is 245 g/mol. The molecule has 1 aromatic heterocycles. The molecule has 0 radical (unpaired) electrons. The van der Waals surface area contributed by atoms with Crippen LogP contribution in [0.5, 0.6) is 5.75 Å². The summed E-state index contributed by atoms with van der Waals surface area (Å²) in [5.41, 5.74) is 8.14. The molecule has 18 heavy (non-hydrogen) atoms. The minimum Gasteiger partial charge on any atom is -0.490 e. The van der Waals surface area contributed by atoms with Crippen LogP contribution in [0.15, 0.2) is 18.3 Å². The summed E-state index contributed by atoms with van der Waals surface area (Å²) in [4.78, 5) is 0. The van der Waals surface area contributed by atoms with Gasteiger partial charge in [0.2, 0.25) is 0 Å². The summed E-state index contributed by atoms with van der Waals surface area (Å²) in [6, 6.07) is 4.42. The number of fused-ring (bicyclic) bond motifs is 1. The number of ether oxygens (including phenoxy) is 1. The molecule has 3 N–H and O–H groups in total. The van der Waals surface area contributed by atoms with Crippen molar-refractivity contribution in [2.45, 2.75) is 44.8 Å². The standard InChI is InChI=1S/C14H19N3O/c1-9-12-8-16-17-13(12)6-7-14(9)18-11-4-2-10(15)3-5-11/h6-8,10-11H,2-5,15H2,1H3,(H,16,17)/t10-,11-. The Morgan fingerprint density at radius 2 is 2.06 bits per heavy atom. The number of nitrogens with two attached hydrogens (primary N) is 1. The van der Waals surface area contributed by atoms with Gasteiger partial charge in [0.25, 0.3) is 0 Å². The Labute approximate surface area is 107 Å². The summed E-state index contributed by atoms with van der Waals surface area (Å²) in [5, 5.41) is 8.18. The fourth-order valence-corrected chi connectivity index (χ4v) is 2.65. The predicted molar refractivity (Wildman–Crippen MR) is 71.7 cm³/mol. The van der Waals surface area contributed by atoms with Crippen molar-refractivity contribution in [3.63, 3.8) is 0 Å². The summed E-state index contributed by atoms with van der Waals surface area (Å²) >= 11 is 0. The van der Waals surface area contributed by atoms with E-state index in [-0.39, 0.29) is 0 Å². The van der Waals surface area contributed by atoms with Gasteiger partial charge in [0.15, 0.2) is 0 Å². The van der Waals surface area contributed by atoms with Crippen molar-refractivity contribution in [2.24, 2.45) is 5.73 Å². The molecule has 4 heteroatoms. The van der Waals surface area contributed by atoms with Gasteiger partial charge >= 0.3 is 0 Å². The molecule has 0 bridgehead atoms. The summed E-state index contributed by atoms with van der Waals surface area (Å²) in [5.74, 6) is 0.976. The molecule has 1 heterocycles. The van der Waals surface area contributed by atoms with E-state index in [1.54, 1.807) is 0 Å². The van der Waals surface area contributed by atoms with E-state index in [9.17, 15) is 0 Å². The van der Waals surface area contributed by atoms with E-state index >= 15 is 0 Å². The molecule has 1 aliphatic rings. The molecular weight excluding hydrogens is 226 g/mol. The maximum Gasteiger partial charge on any atom is 0.123 e. The normalized spacial score (nSPS) is 24.3. The molecule has 0 atom stereocenters. The zero-order valence-electron chi connectivity index (χ0n) is 10.6. The van der Waals surface area contributed by atoms with Crippen LogP contribution in [0.2, 0.25) is 0 Å². The SMILES string of the molecule is Cc1c(O[C@H]2CC[C@H](N)CC2)ccc2[nH]ncc12. The molecule has 1 saturated carbocycles. The average Bonchev–Trinajstić information content (AvgIpc) is 2.84. The number of aromatic amines is 1. The number of rotatable bonds is 2. The quantitative estimate of drug-likeness (QED) is 0.854. The number of aromatic nitrogens is 2. The van der Waals surface area contributed by atoms with Gasteiger partial charge < -0.3 is 10.5 Å². The third kappa shape index (κ3) is 2.08. The minimum atomic E-state index is 0.313. The van der Waals surface area contributed by atoms with Gasteiger partial charge in [-0.3, -0.25) is 5.10 Å². The second kappa shape index (κ2) is 4.61. The molecule has 3 rings (SSSR count). The average molecular weight is 245 g/mol. The lowest BCUT2D eigenvalue weighted by Gasteiger charge is -2.27. The van der Waals surface area contributed by atoms with E-state index in [1.807, 2.05) is 18.3 Å². The molecule has 1 aromatic carbocycles. The Balaban J connectivity index is 1.80. The Morgan fingerprint density at radius 3 is 2.83 bits per heavy atom. The fraction of sp³-hybridized carbons (Fsp3) is 0.500. The molecular formula is C14H19N3O. The van der Waals surface area contributed by atoms with E-state index in [2.05, 4.69) is 17.1 Å². The van der Waals surface area contributed by atoms with Gasteiger partial charge in [-0.2, -0.15) is 5.10 Å². The lowest BCUT2D eigenvalue weighted by Crippen LogP contribution is -2.31. The van der Waals surface area contributed by atoms with Gasteiger partial charge in [-0.05, 0) is 44.7 Å². The number of nitrogens with one attached hydrogen (secondary N) is 1. The van der Waals surface area contributed by atoms with Crippen LogP contribution in [0.4, 0.5) is 0 Å². The first-order valence-corrected chi connectivity index (χ1v) is 6.59. The third-order valence-corrected chi connectivity index (χ3v) is 3.86. The zero-order chi connectivity index (χ0) is 12.5. The molecule has 96 valence electrons. The highest BCUT2D eigenvalue weighted by Gasteiger charge is 2.20. The summed E-state index contributed by atoms with van der Waals surface area (Å²) in [6.45, 7) is 2.09. The maximum absolute atomic E-state index is 6.11. The highest BCUT2D eigenvalue weighted by Crippen LogP contribution is 2.29. The second-order valence-corrected chi connectivity index (χ2v) is 5.17. The van der Waals surface area contributed by atoms with Crippen molar-refractivity contribution in [1.82, 2.24) is 10.2 Å². The van der Waals surface area contributed by atoms with Crippen LogP contribution in [-0.2, 0) is 0 Å². The van der Waals surface area contributed by atoms with Crippen molar-refractivity contribution >= 4 is 10.9 Å². The van der Waals surface area contributed by atoms with Crippen LogP contribution in [-0.4, -0.2) is 22.3 Å². The Hall–Kier alpha value is -1.55. The van der Waals surface area contributed by atoms with Crippen LogP contribution in [0.1, 0.15) is 31.2 Å². The number of benzene rings is 1. The Morgan fingerprint density at radius 1 is 1.28 bits per heavy atom. The molecule has 0 spiro atoms. The first kappa shape index (κ1) is 11.5. The van der Waals surface area contributed by atoms with E-state index in [0.717, 1.165) is 47.9 Å². The van der Waals surface area contributed by atoms with Gasteiger partial charge in [-0.25, -0.2) is 0 Å². The first-order valence-electron chi connectivity index (χ1n) is 6.59. The largest absolute Gasteiger partial charge is 0.490 e. The maximum atomic E-state index is 6.11. The van der Waals surface area contributed by atoms with Crippen molar-refractivity contribution < 1.29 is 4.74 Å². The van der Waals surface area contributed by atoms with Crippen LogP contribution in [0, 0.1) is 6.92 Å². The highest BCUT2D eigenvalue weighted by atomic mass is 16.5. The molecule has 2 aromatic rings. The van der Waals surface area contributed by atoms with Gasteiger partial charge in [-0.15, -0.1) is 0 Å². The Kier molecular flexibility index (Phi) is 2.96. The van der Waals surface area contributed by atoms with Gasteiger partial charge in [0.1, 0.15) is 5.75 Å². The van der Waals surface area contributed by atoms with Crippen LogP contribution < -0.4 is 10.5 Å². The molecule has 1 fully saturated rings. The van der Waals surface area contributed by atoms with E-state index < -0.39 is 0 Å². The number of nitrogens with zero attached hydrogens (tertiary/aromatic N) is 1. The molecule has 0 aliphatic heterocycles.